The second-order valence-electron chi connectivity index (χ2n) is 5.93. The molecule has 25 heavy (non-hydrogen) atoms. The van der Waals surface area contributed by atoms with Gasteiger partial charge < -0.3 is 20.4 Å². The van der Waals surface area contributed by atoms with Crippen molar-refractivity contribution in [1.29, 1.82) is 0 Å². The number of nitrogens with two attached hydrogens (primary N) is 1. The van der Waals surface area contributed by atoms with Gasteiger partial charge in [0.05, 0.1) is 7.11 Å². The third kappa shape index (κ3) is 3.74. The van der Waals surface area contributed by atoms with Crippen molar-refractivity contribution in [1.82, 2.24) is 0 Å². The number of hydrogen-bond acceptors (Lipinski definition) is 4. The first-order valence-electron chi connectivity index (χ1n) is 7.85. The van der Waals surface area contributed by atoms with Crippen LogP contribution in [0.1, 0.15) is 33.4 Å². The lowest BCUT2D eigenvalue weighted by atomic mass is 9.95. The highest BCUT2D eigenvalue weighted by molar-refractivity contribution is 9.10. The quantitative estimate of drug-likeness (QED) is 0.334. The molecule has 0 aromatic heterocycles. The maximum atomic E-state index is 8.80. The molecule has 2 rings (SSSR count). The molecular formula is C19H23BrN2O3. The molecule has 0 unspecified atom stereocenters. The second kappa shape index (κ2) is 7.78. The molecule has 0 amide bonds. The van der Waals surface area contributed by atoms with E-state index < -0.39 is 0 Å². The van der Waals surface area contributed by atoms with E-state index >= 15 is 0 Å². The van der Waals surface area contributed by atoms with Crippen molar-refractivity contribution in [3.05, 3.63) is 56.1 Å². The molecule has 0 heterocycles. The molecule has 0 aliphatic heterocycles. The number of hydrogen-bond donors (Lipinski definition) is 2. The van der Waals surface area contributed by atoms with E-state index in [4.69, 9.17) is 20.4 Å². The van der Waals surface area contributed by atoms with Gasteiger partial charge in [-0.2, -0.15) is 0 Å². The number of methoxy groups -OCH3 is 1. The fourth-order valence-corrected chi connectivity index (χ4v) is 3.31. The number of amidine groups is 1. The van der Waals surface area contributed by atoms with Gasteiger partial charge in [0.25, 0.3) is 0 Å². The number of ether oxygens (including phenoxy) is 2. The average molecular weight is 407 g/mol. The van der Waals surface area contributed by atoms with Gasteiger partial charge in [-0.05, 0) is 73.7 Å². The Bertz CT molecular complexity index is 803. The van der Waals surface area contributed by atoms with Crippen LogP contribution in [0.4, 0.5) is 0 Å². The van der Waals surface area contributed by atoms with Crippen LogP contribution in [0.2, 0.25) is 0 Å². The molecule has 0 aliphatic rings. The summed E-state index contributed by atoms with van der Waals surface area (Å²) in [6, 6.07) is 5.17. The summed E-state index contributed by atoms with van der Waals surface area (Å²) in [7, 11) is 1.56. The molecule has 134 valence electrons. The van der Waals surface area contributed by atoms with Crippen molar-refractivity contribution in [2.24, 2.45) is 10.9 Å². The summed E-state index contributed by atoms with van der Waals surface area (Å²) in [5, 5.41) is 11.8. The molecule has 0 spiro atoms. The molecule has 3 N–H and O–H groups in total. The first kappa shape index (κ1) is 19.1. The van der Waals surface area contributed by atoms with Crippen molar-refractivity contribution < 1.29 is 14.7 Å². The molecule has 0 aliphatic carbocycles. The standard InChI is InChI=1S/C19H23BrN2O3/c1-10-12(3)18(20)13(4)11(2)15(10)9-25-16-7-6-14(19(21)22-23)8-17(16)24-5/h6-8,23H,9H2,1-5H3,(H2,21,22). The van der Waals surface area contributed by atoms with E-state index in [1.807, 2.05) is 0 Å². The predicted molar refractivity (Wildman–Crippen MR) is 103 cm³/mol. The molecule has 5 nitrogen and oxygen atoms in total. The largest absolute Gasteiger partial charge is 0.493 e. The van der Waals surface area contributed by atoms with Crippen LogP contribution in [0.25, 0.3) is 0 Å². The van der Waals surface area contributed by atoms with Crippen molar-refractivity contribution >= 4 is 21.8 Å². The normalized spacial score (nSPS) is 11.5. The molecule has 0 saturated heterocycles. The number of oxime groups is 1. The lowest BCUT2D eigenvalue weighted by molar-refractivity contribution is 0.283. The molecule has 0 saturated carbocycles. The van der Waals surface area contributed by atoms with Crippen LogP contribution in [0.15, 0.2) is 27.8 Å². The molecule has 0 bridgehead atoms. The molecule has 0 radical (unpaired) electrons. The molecule has 2 aromatic carbocycles. The van der Waals surface area contributed by atoms with Crippen LogP contribution in [0, 0.1) is 27.7 Å². The van der Waals surface area contributed by atoms with Crippen LogP contribution in [0.3, 0.4) is 0 Å². The van der Waals surface area contributed by atoms with Gasteiger partial charge in [0.1, 0.15) is 6.61 Å². The van der Waals surface area contributed by atoms with Gasteiger partial charge in [-0.1, -0.05) is 21.1 Å². The predicted octanol–water partition coefficient (Wildman–Crippen LogP) is 4.36. The highest BCUT2D eigenvalue weighted by Gasteiger charge is 2.15. The summed E-state index contributed by atoms with van der Waals surface area (Å²) in [6.07, 6.45) is 0. The smallest absolute Gasteiger partial charge is 0.170 e. The summed E-state index contributed by atoms with van der Waals surface area (Å²) < 4.78 is 12.5. The molecule has 0 atom stereocenters. The van der Waals surface area contributed by atoms with Gasteiger partial charge >= 0.3 is 0 Å². The summed E-state index contributed by atoms with van der Waals surface area (Å²) in [5.41, 5.74) is 12.2. The molecule has 2 aromatic rings. The topological polar surface area (TPSA) is 77.1 Å². The van der Waals surface area contributed by atoms with Gasteiger partial charge in [-0.25, -0.2) is 0 Å². The van der Waals surface area contributed by atoms with E-state index in [9.17, 15) is 0 Å². The summed E-state index contributed by atoms with van der Waals surface area (Å²) in [6.45, 7) is 8.84. The minimum atomic E-state index is 0.0238. The monoisotopic (exact) mass is 406 g/mol. The summed E-state index contributed by atoms with van der Waals surface area (Å²) in [4.78, 5) is 0. The molecule has 0 fully saturated rings. The number of benzene rings is 2. The Balaban J connectivity index is 2.34. The lowest BCUT2D eigenvalue weighted by Gasteiger charge is -2.19. The zero-order valence-corrected chi connectivity index (χ0v) is 16.7. The van der Waals surface area contributed by atoms with E-state index in [1.54, 1.807) is 25.3 Å². The van der Waals surface area contributed by atoms with Crippen molar-refractivity contribution in [2.75, 3.05) is 7.11 Å². The first-order valence-corrected chi connectivity index (χ1v) is 8.64. The third-order valence-corrected chi connectivity index (χ3v) is 5.82. The Hall–Kier alpha value is -2.21. The number of rotatable bonds is 5. The van der Waals surface area contributed by atoms with Crippen molar-refractivity contribution in [3.8, 4) is 11.5 Å². The highest BCUT2D eigenvalue weighted by Crippen LogP contribution is 2.33. The minimum Gasteiger partial charge on any atom is -0.493 e. The van der Waals surface area contributed by atoms with Crippen LogP contribution in [0.5, 0.6) is 11.5 Å². The summed E-state index contributed by atoms with van der Waals surface area (Å²) in [5.74, 6) is 1.16. The van der Waals surface area contributed by atoms with Gasteiger partial charge in [-0.15, -0.1) is 0 Å². The zero-order valence-electron chi connectivity index (χ0n) is 15.1. The van der Waals surface area contributed by atoms with Gasteiger partial charge in [-0.3, -0.25) is 0 Å². The Kier molecular flexibility index (Phi) is 5.95. The van der Waals surface area contributed by atoms with Crippen LogP contribution >= 0.6 is 15.9 Å². The Morgan fingerprint density at radius 2 is 1.68 bits per heavy atom. The van der Waals surface area contributed by atoms with Crippen LogP contribution < -0.4 is 15.2 Å². The van der Waals surface area contributed by atoms with Crippen LogP contribution in [-0.2, 0) is 6.61 Å². The zero-order chi connectivity index (χ0) is 18.7. The van der Waals surface area contributed by atoms with E-state index in [2.05, 4.69) is 48.8 Å². The highest BCUT2D eigenvalue weighted by atomic mass is 79.9. The van der Waals surface area contributed by atoms with Gasteiger partial charge in [0, 0.05) is 10.0 Å². The number of halogens is 1. The first-order chi connectivity index (χ1) is 11.8. The maximum absolute atomic E-state index is 8.80. The Morgan fingerprint density at radius 1 is 1.08 bits per heavy atom. The van der Waals surface area contributed by atoms with Crippen molar-refractivity contribution in [2.45, 2.75) is 34.3 Å². The number of nitrogens with zero attached hydrogens (tertiary/aromatic N) is 1. The Labute approximate surface area is 156 Å². The lowest BCUT2D eigenvalue weighted by Crippen LogP contribution is -2.13. The minimum absolute atomic E-state index is 0.0238. The maximum Gasteiger partial charge on any atom is 0.170 e. The summed E-state index contributed by atoms with van der Waals surface area (Å²) >= 11 is 3.66. The fourth-order valence-electron chi connectivity index (χ4n) is 2.71. The fraction of sp³-hybridized carbons (Fsp3) is 0.316. The van der Waals surface area contributed by atoms with E-state index in [0.717, 1.165) is 4.47 Å². The van der Waals surface area contributed by atoms with E-state index in [-0.39, 0.29) is 5.84 Å². The molecule has 6 heteroatoms. The van der Waals surface area contributed by atoms with Crippen LogP contribution in [-0.4, -0.2) is 18.2 Å². The SMILES string of the molecule is COc1cc(/C(N)=N\O)ccc1OCc1c(C)c(C)c(Br)c(C)c1C. The second-order valence-corrected chi connectivity index (χ2v) is 6.73. The van der Waals surface area contributed by atoms with E-state index in [0.29, 0.717) is 23.7 Å². The third-order valence-electron chi connectivity index (χ3n) is 4.63. The molecular weight excluding hydrogens is 384 g/mol. The van der Waals surface area contributed by atoms with Crippen molar-refractivity contribution in [3.63, 3.8) is 0 Å². The van der Waals surface area contributed by atoms with Gasteiger partial charge in [0.15, 0.2) is 17.3 Å². The van der Waals surface area contributed by atoms with Gasteiger partial charge in [0.2, 0.25) is 0 Å². The average Bonchev–Trinajstić information content (AvgIpc) is 2.64. The Morgan fingerprint density at radius 3 is 2.20 bits per heavy atom. The van der Waals surface area contributed by atoms with E-state index in [1.165, 1.54) is 27.8 Å².